The van der Waals surface area contributed by atoms with Gasteiger partial charge >= 0.3 is 0 Å². The van der Waals surface area contributed by atoms with E-state index in [4.69, 9.17) is 23.2 Å². The van der Waals surface area contributed by atoms with Crippen LogP contribution in [0.2, 0.25) is 10.0 Å². The van der Waals surface area contributed by atoms with Gasteiger partial charge in [-0.05, 0) is 38.1 Å². The fourth-order valence-corrected chi connectivity index (χ4v) is 2.21. The van der Waals surface area contributed by atoms with Crippen LogP contribution < -0.4 is 5.32 Å². The monoisotopic (exact) mass is 311 g/mol. The van der Waals surface area contributed by atoms with Crippen molar-refractivity contribution in [3.63, 3.8) is 0 Å². The summed E-state index contributed by atoms with van der Waals surface area (Å²) < 4.78 is 1.87. The maximum atomic E-state index is 11.9. The Morgan fingerprint density at radius 3 is 2.60 bits per heavy atom. The van der Waals surface area contributed by atoms with Crippen molar-refractivity contribution in [3.8, 4) is 0 Å². The third-order valence-corrected chi connectivity index (χ3v) is 3.63. The Kier molecular flexibility index (Phi) is 4.68. The molecule has 1 N–H and O–H groups in total. The topological polar surface area (TPSA) is 46.9 Å². The second-order valence-electron chi connectivity index (χ2n) is 4.54. The molecule has 0 saturated heterocycles. The molecule has 0 aliphatic heterocycles. The molecule has 0 bridgehead atoms. The van der Waals surface area contributed by atoms with E-state index in [0.717, 1.165) is 11.4 Å². The number of nitrogens with zero attached hydrogens (tertiary/aromatic N) is 2. The summed E-state index contributed by atoms with van der Waals surface area (Å²) in [7, 11) is 0. The van der Waals surface area contributed by atoms with Crippen molar-refractivity contribution in [1.29, 1.82) is 0 Å². The zero-order chi connectivity index (χ0) is 14.7. The number of hydrogen-bond acceptors (Lipinski definition) is 2. The summed E-state index contributed by atoms with van der Waals surface area (Å²) in [6, 6.07) is 6.82. The summed E-state index contributed by atoms with van der Waals surface area (Å²) in [6.45, 7) is 5.06. The van der Waals surface area contributed by atoms with Gasteiger partial charge in [0.25, 0.3) is 5.91 Å². The molecular weight excluding hydrogens is 297 g/mol. The maximum absolute atomic E-state index is 11.9. The lowest BCUT2D eigenvalue weighted by Gasteiger charge is -2.07. The molecule has 0 spiro atoms. The van der Waals surface area contributed by atoms with Crippen LogP contribution in [0, 0.1) is 13.8 Å². The SMILES string of the molecule is Cc1cc(C)n(CCNC(=O)c2ccc(Cl)c(Cl)c2)n1. The zero-order valence-corrected chi connectivity index (χ0v) is 12.8. The average Bonchev–Trinajstić information content (AvgIpc) is 2.71. The number of rotatable bonds is 4. The van der Waals surface area contributed by atoms with Gasteiger partial charge in [0.1, 0.15) is 0 Å². The summed E-state index contributed by atoms with van der Waals surface area (Å²) in [5.41, 5.74) is 2.54. The Labute approximate surface area is 127 Å². The molecule has 0 fully saturated rings. The molecule has 0 atom stereocenters. The van der Waals surface area contributed by atoms with Crippen molar-refractivity contribution in [2.75, 3.05) is 6.54 Å². The Bertz CT molecular complexity index is 637. The number of aryl methyl sites for hydroxylation is 2. The van der Waals surface area contributed by atoms with Crippen molar-refractivity contribution in [2.24, 2.45) is 0 Å². The summed E-state index contributed by atoms with van der Waals surface area (Å²) in [4.78, 5) is 11.9. The predicted molar refractivity (Wildman–Crippen MR) is 80.5 cm³/mol. The Hall–Kier alpha value is -1.52. The van der Waals surface area contributed by atoms with Crippen molar-refractivity contribution in [3.05, 3.63) is 51.3 Å². The third kappa shape index (κ3) is 3.52. The average molecular weight is 312 g/mol. The molecule has 4 nitrogen and oxygen atoms in total. The molecule has 1 aromatic carbocycles. The normalized spacial score (nSPS) is 10.6. The van der Waals surface area contributed by atoms with Crippen molar-refractivity contribution >= 4 is 29.1 Å². The van der Waals surface area contributed by atoms with Crippen LogP contribution in [-0.4, -0.2) is 22.2 Å². The minimum absolute atomic E-state index is 0.176. The molecule has 0 radical (unpaired) electrons. The summed E-state index contributed by atoms with van der Waals surface area (Å²) in [6.07, 6.45) is 0. The van der Waals surface area contributed by atoms with Crippen LogP contribution in [0.3, 0.4) is 0 Å². The van der Waals surface area contributed by atoms with Gasteiger partial charge in [0.15, 0.2) is 0 Å². The van der Waals surface area contributed by atoms with Crippen LogP contribution in [0.5, 0.6) is 0 Å². The molecule has 0 aliphatic rings. The number of nitrogens with one attached hydrogen (secondary N) is 1. The Morgan fingerprint density at radius 1 is 1.25 bits per heavy atom. The van der Waals surface area contributed by atoms with Gasteiger partial charge in [0.2, 0.25) is 0 Å². The van der Waals surface area contributed by atoms with Gasteiger partial charge in [0.05, 0.1) is 22.3 Å². The van der Waals surface area contributed by atoms with E-state index in [9.17, 15) is 4.79 Å². The van der Waals surface area contributed by atoms with Crippen LogP contribution in [0.25, 0.3) is 0 Å². The van der Waals surface area contributed by atoms with Crippen LogP contribution in [0.1, 0.15) is 21.7 Å². The Morgan fingerprint density at radius 2 is 2.00 bits per heavy atom. The third-order valence-electron chi connectivity index (χ3n) is 2.89. The number of hydrogen-bond donors (Lipinski definition) is 1. The molecule has 1 amide bonds. The summed E-state index contributed by atoms with van der Waals surface area (Å²) in [5.74, 6) is -0.176. The highest BCUT2D eigenvalue weighted by Crippen LogP contribution is 2.22. The quantitative estimate of drug-likeness (QED) is 0.942. The first kappa shape index (κ1) is 14.9. The lowest BCUT2D eigenvalue weighted by molar-refractivity contribution is 0.0952. The van der Waals surface area contributed by atoms with Gasteiger partial charge in [0, 0.05) is 17.8 Å². The molecule has 1 heterocycles. The molecule has 106 valence electrons. The van der Waals surface area contributed by atoms with E-state index in [1.807, 2.05) is 24.6 Å². The van der Waals surface area contributed by atoms with Gasteiger partial charge in [-0.3, -0.25) is 9.48 Å². The number of aromatic nitrogens is 2. The van der Waals surface area contributed by atoms with Gasteiger partial charge in [-0.25, -0.2) is 0 Å². The van der Waals surface area contributed by atoms with Crippen molar-refractivity contribution < 1.29 is 4.79 Å². The smallest absolute Gasteiger partial charge is 0.251 e. The molecule has 6 heteroatoms. The van der Waals surface area contributed by atoms with Gasteiger partial charge in [-0.15, -0.1) is 0 Å². The van der Waals surface area contributed by atoms with E-state index < -0.39 is 0 Å². The lowest BCUT2D eigenvalue weighted by Crippen LogP contribution is -2.27. The van der Waals surface area contributed by atoms with Crippen LogP contribution in [0.4, 0.5) is 0 Å². The van der Waals surface area contributed by atoms with E-state index in [2.05, 4.69) is 10.4 Å². The predicted octanol–water partition coefficient (Wildman–Crippen LogP) is 3.24. The van der Waals surface area contributed by atoms with Gasteiger partial charge in [-0.1, -0.05) is 23.2 Å². The van der Waals surface area contributed by atoms with Crippen molar-refractivity contribution in [2.45, 2.75) is 20.4 Å². The minimum Gasteiger partial charge on any atom is -0.350 e. The fraction of sp³-hybridized carbons (Fsp3) is 0.286. The number of benzene rings is 1. The van der Waals surface area contributed by atoms with E-state index >= 15 is 0 Å². The first-order valence-corrected chi connectivity index (χ1v) is 6.97. The van der Waals surface area contributed by atoms with Gasteiger partial charge in [-0.2, -0.15) is 5.10 Å². The largest absolute Gasteiger partial charge is 0.350 e. The highest BCUT2D eigenvalue weighted by molar-refractivity contribution is 6.42. The summed E-state index contributed by atoms with van der Waals surface area (Å²) in [5, 5.41) is 7.97. The number of amides is 1. The maximum Gasteiger partial charge on any atom is 0.251 e. The second kappa shape index (κ2) is 6.29. The van der Waals surface area contributed by atoms with E-state index in [1.165, 1.54) is 0 Å². The second-order valence-corrected chi connectivity index (χ2v) is 5.35. The number of halogens is 2. The molecule has 0 saturated carbocycles. The minimum atomic E-state index is -0.176. The number of carbonyl (C=O) groups excluding carboxylic acids is 1. The Balaban J connectivity index is 1.92. The standard InChI is InChI=1S/C14H15Cl2N3O/c1-9-7-10(2)19(18-9)6-5-17-14(20)11-3-4-12(15)13(16)8-11/h3-4,7-8H,5-6H2,1-2H3,(H,17,20). The van der Waals surface area contributed by atoms with Gasteiger partial charge < -0.3 is 5.32 Å². The van der Waals surface area contributed by atoms with Crippen LogP contribution in [0.15, 0.2) is 24.3 Å². The molecule has 0 unspecified atom stereocenters. The summed E-state index contributed by atoms with van der Waals surface area (Å²) >= 11 is 11.7. The highest BCUT2D eigenvalue weighted by Gasteiger charge is 2.08. The molecule has 1 aromatic heterocycles. The molecule has 2 aromatic rings. The lowest BCUT2D eigenvalue weighted by atomic mass is 10.2. The molecule has 0 aliphatic carbocycles. The first-order valence-electron chi connectivity index (χ1n) is 6.21. The molecule has 2 rings (SSSR count). The number of carbonyl (C=O) groups is 1. The van der Waals surface area contributed by atoms with Crippen LogP contribution in [-0.2, 0) is 6.54 Å². The first-order chi connectivity index (χ1) is 9.47. The van der Waals surface area contributed by atoms with Crippen molar-refractivity contribution in [1.82, 2.24) is 15.1 Å². The van der Waals surface area contributed by atoms with Crippen LogP contribution >= 0.6 is 23.2 Å². The zero-order valence-electron chi connectivity index (χ0n) is 11.3. The van der Waals surface area contributed by atoms with E-state index in [-0.39, 0.29) is 5.91 Å². The fourth-order valence-electron chi connectivity index (χ4n) is 1.92. The van der Waals surface area contributed by atoms with E-state index in [1.54, 1.807) is 18.2 Å². The molecule has 20 heavy (non-hydrogen) atoms. The molecular formula is C14H15Cl2N3O. The van der Waals surface area contributed by atoms with E-state index in [0.29, 0.717) is 28.7 Å². The highest BCUT2D eigenvalue weighted by atomic mass is 35.5.